The standard InChI is InChI=1S/C18H30N2O4/c1-3-12(2)16(21)19-15(13-8-5-4-6-9-13)17(22)20-11-7-10-14(20)18(23)24/h12-15H,3-11H2,1-2H3,(H,19,21)(H,23,24). The number of rotatable bonds is 6. The molecule has 2 N–H and O–H groups in total. The monoisotopic (exact) mass is 338 g/mol. The number of hydrogen-bond acceptors (Lipinski definition) is 3. The van der Waals surface area contributed by atoms with Crippen LogP contribution in [0.3, 0.4) is 0 Å². The van der Waals surface area contributed by atoms with E-state index >= 15 is 0 Å². The molecule has 0 aromatic rings. The van der Waals surface area contributed by atoms with Crippen molar-refractivity contribution in [2.24, 2.45) is 11.8 Å². The van der Waals surface area contributed by atoms with Crippen molar-refractivity contribution in [3.05, 3.63) is 0 Å². The number of amides is 2. The van der Waals surface area contributed by atoms with Gasteiger partial charge < -0.3 is 15.3 Å². The van der Waals surface area contributed by atoms with E-state index in [1.54, 1.807) is 0 Å². The van der Waals surface area contributed by atoms with Crippen molar-refractivity contribution in [2.45, 2.75) is 77.3 Å². The molecule has 1 aliphatic heterocycles. The predicted molar refractivity (Wildman–Crippen MR) is 90.3 cm³/mol. The first-order valence-corrected chi connectivity index (χ1v) is 9.29. The maximum atomic E-state index is 13.1. The summed E-state index contributed by atoms with van der Waals surface area (Å²) in [7, 11) is 0. The molecule has 3 atom stereocenters. The van der Waals surface area contributed by atoms with Crippen LogP contribution in [0.25, 0.3) is 0 Å². The van der Waals surface area contributed by atoms with Crippen molar-refractivity contribution in [3.63, 3.8) is 0 Å². The minimum absolute atomic E-state index is 0.104. The van der Waals surface area contributed by atoms with Gasteiger partial charge in [-0.1, -0.05) is 33.1 Å². The molecule has 2 fully saturated rings. The Hall–Kier alpha value is -1.59. The molecule has 0 aromatic heterocycles. The summed E-state index contributed by atoms with van der Waals surface area (Å²) in [6.45, 7) is 4.27. The molecule has 0 aromatic carbocycles. The van der Waals surface area contributed by atoms with E-state index in [9.17, 15) is 19.5 Å². The summed E-state index contributed by atoms with van der Waals surface area (Å²) in [4.78, 5) is 38.3. The lowest BCUT2D eigenvalue weighted by Gasteiger charge is -2.34. The third-order valence-corrected chi connectivity index (χ3v) is 5.57. The number of carboxylic acid groups (broad SMARTS) is 1. The zero-order chi connectivity index (χ0) is 17.7. The largest absolute Gasteiger partial charge is 0.480 e. The van der Waals surface area contributed by atoms with Crippen LogP contribution in [0.1, 0.15) is 65.2 Å². The second-order valence-corrected chi connectivity index (χ2v) is 7.22. The van der Waals surface area contributed by atoms with Crippen LogP contribution in [0, 0.1) is 11.8 Å². The summed E-state index contributed by atoms with van der Waals surface area (Å²) in [5, 5.41) is 12.3. The maximum absolute atomic E-state index is 13.1. The summed E-state index contributed by atoms with van der Waals surface area (Å²) in [6, 6.07) is -1.32. The molecule has 2 aliphatic rings. The quantitative estimate of drug-likeness (QED) is 0.777. The number of nitrogens with one attached hydrogen (secondary N) is 1. The van der Waals surface area contributed by atoms with E-state index in [1.807, 2.05) is 13.8 Å². The van der Waals surface area contributed by atoms with Gasteiger partial charge in [0.25, 0.3) is 0 Å². The van der Waals surface area contributed by atoms with Crippen molar-refractivity contribution >= 4 is 17.8 Å². The van der Waals surface area contributed by atoms with Crippen LogP contribution in [0.2, 0.25) is 0 Å². The summed E-state index contributed by atoms with van der Waals surface area (Å²) in [5.41, 5.74) is 0. The normalized spacial score (nSPS) is 24.4. The molecule has 0 bridgehead atoms. The molecule has 1 saturated heterocycles. The van der Waals surface area contributed by atoms with Crippen LogP contribution in [0.4, 0.5) is 0 Å². The second-order valence-electron chi connectivity index (χ2n) is 7.22. The summed E-state index contributed by atoms with van der Waals surface area (Å²) >= 11 is 0. The number of carbonyl (C=O) groups excluding carboxylic acids is 2. The minimum atomic E-state index is -0.948. The smallest absolute Gasteiger partial charge is 0.326 e. The van der Waals surface area contributed by atoms with Gasteiger partial charge in [0.05, 0.1) is 0 Å². The molecule has 3 unspecified atom stereocenters. The molecule has 1 aliphatic carbocycles. The first-order chi connectivity index (χ1) is 11.5. The zero-order valence-corrected chi connectivity index (χ0v) is 14.8. The van der Waals surface area contributed by atoms with Gasteiger partial charge in [0.1, 0.15) is 12.1 Å². The molecule has 0 radical (unpaired) electrons. The van der Waals surface area contributed by atoms with E-state index in [0.717, 1.165) is 38.5 Å². The first-order valence-electron chi connectivity index (χ1n) is 9.29. The molecule has 2 amide bonds. The highest BCUT2D eigenvalue weighted by Crippen LogP contribution is 2.29. The number of aliphatic carboxylic acids is 1. The zero-order valence-electron chi connectivity index (χ0n) is 14.8. The molecule has 1 saturated carbocycles. The van der Waals surface area contributed by atoms with Crippen LogP contribution < -0.4 is 5.32 Å². The van der Waals surface area contributed by atoms with Gasteiger partial charge in [-0.3, -0.25) is 9.59 Å². The SMILES string of the molecule is CCC(C)C(=O)NC(C(=O)N1CCCC1C(=O)O)C1CCCCC1. The molecule has 136 valence electrons. The molecular weight excluding hydrogens is 308 g/mol. The number of nitrogens with zero attached hydrogens (tertiary/aromatic N) is 1. The Morgan fingerprint density at radius 3 is 2.38 bits per heavy atom. The Bertz CT molecular complexity index is 474. The first kappa shape index (κ1) is 18.7. The van der Waals surface area contributed by atoms with Crippen molar-refractivity contribution in [3.8, 4) is 0 Å². The van der Waals surface area contributed by atoms with Gasteiger partial charge in [-0.05, 0) is 38.0 Å². The topological polar surface area (TPSA) is 86.7 Å². The molecule has 24 heavy (non-hydrogen) atoms. The Labute approximate surface area is 144 Å². The van der Waals surface area contributed by atoms with Gasteiger partial charge in [-0.2, -0.15) is 0 Å². The molecule has 0 spiro atoms. The minimum Gasteiger partial charge on any atom is -0.480 e. The third-order valence-electron chi connectivity index (χ3n) is 5.57. The van der Waals surface area contributed by atoms with E-state index in [1.165, 1.54) is 4.90 Å². The van der Waals surface area contributed by atoms with Gasteiger partial charge in [0.2, 0.25) is 11.8 Å². The maximum Gasteiger partial charge on any atom is 0.326 e. The molecule has 6 heteroatoms. The second kappa shape index (κ2) is 8.49. The lowest BCUT2D eigenvalue weighted by molar-refractivity contribution is -0.150. The van der Waals surface area contributed by atoms with Crippen LogP contribution >= 0.6 is 0 Å². The van der Waals surface area contributed by atoms with Crippen LogP contribution in [0.5, 0.6) is 0 Å². The number of hydrogen-bond donors (Lipinski definition) is 2. The summed E-state index contributed by atoms with van der Waals surface area (Å²) in [5.74, 6) is -1.28. The molecule has 1 heterocycles. The average molecular weight is 338 g/mol. The fourth-order valence-electron chi connectivity index (χ4n) is 3.80. The van der Waals surface area contributed by atoms with Gasteiger partial charge in [-0.25, -0.2) is 4.79 Å². The Kier molecular flexibility index (Phi) is 6.63. The van der Waals surface area contributed by atoms with E-state index < -0.39 is 18.1 Å². The molecule has 2 rings (SSSR count). The molecular formula is C18H30N2O4. The van der Waals surface area contributed by atoms with E-state index in [4.69, 9.17) is 0 Å². The Morgan fingerprint density at radius 2 is 1.79 bits per heavy atom. The van der Waals surface area contributed by atoms with Gasteiger partial charge in [0, 0.05) is 12.5 Å². The fraction of sp³-hybridized carbons (Fsp3) is 0.833. The number of likely N-dealkylation sites (tertiary alicyclic amines) is 1. The Morgan fingerprint density at radius 1 is 1.12 bits per heavy atom. The van der Waals surface area contributed by atoms with Crippen molar-refractivity contribution in [2.75, 3.05) is 6.54 Å². The third kappa shape index (κ3) is 4.28. The molecule has 6 nitrogen and oxygen atoms in total. The van der Waals surface area contributed by atoms with Crippen LogP contribution in [-0.2, 0) is 14.4 Å². The van der Waals surface area contributed by atoms with Gasteiger partial charge in [-0.15, -0.1) is 0 Å². The Balaban J connectivity index is 2.15. The highest BCUT2D eigenvalue weighted by Gasteiger charge is 2.40. The number of carboxylic acids is 1. The highest BCUT2D eigenvalue weighted by molar-refractivity contribution is 5.91. The van der Waals surface area contributed by atoms with Crippen LogP contribution in [-0.4, -0.2) is 46.4 Å². The predicted octanol–water partition coefficient (Wildman–Crippen LogP) is 2.17. The highest BCUT2D eigenvalue weighted by atomic mass is 16.4. The lowest BCUT2D eigenvalue weighted by atomic mass is 9.83. The summed E-state index contributed by atoms with van der Waals surface area (Å²) < 4.78 is 0. The van der Waals surface area contributed by atoms with Gasteiger partial charge >= 0.3 is 5.97 Å². The van der Waals surface area contributed by atoms with Crippen molar-refractivity contribution in [1.29, 1.82) is 0 Å². The lowest BCUT2D eigenvalue weighted by Crippen LogP contribution is -2.55. The van der Waals surface area contributed by atoms with E-state index in [-0.39, 0.29) is 23.7 Å². The van der Waals surface area contributed by atoms with Crippen LogP contribution in [0.15, 0.2) is 0 Å². The van der Waals surface area contributed by atoms with Gasteiger partial charge in [0.15, 0.2) is 0 Å². The average Bonchev–Trinajstić information content (AvgIpc) is 3.09. The van der Waals surface area contributed by atoms with Crippen molar-refractivity contribution in [1.82, 2.24) is 10.2 Å². The van der Waals surface area contributed by atoms with E-state index in [0.29, 0.717) is 19.4 Å². The number of carbonyl (C=O) groups is 3. The van der Waals surface area contributed by atoms with E-state index in [2.05, 4.69) is 5.32 Å². The van der Waals surface area contributed by atoms with Crippen molar-refractivity contribution < 1.29 is 19.5 Å². The summed E-state index contributed by atoms with van der Waals surface area (Å²) in [6.07, 6.45) is 7.06. The fourth-order valence-corrected chi connectivity index (χ4v) is 3.80.